The molecule has 0 N–H and O–H groups in total. The number of aryl methyl sites for hydroxylation is 1. The first-order valence-electron chi connectivity index (χ1n) is 7.14. The summed E-state index contributed by atoms with van der Waals surface area (Å²) in [6.45, 7) is 2.09. The molecule has 3 nitrogen and oxygen atoms in total. The van der Waals surface area contributed by atoms with Crippen LogP contribution in [0.5, 0.6) is 5.75 Å². The van der Waals surface area contributed by atoms with E-state index in [9.17, 15) is 5.26 Å². The number of ether oxygens (including phenoxy) is 1. The van der Waals surface area contributed by atoms with Crippen molar-refractivity contribution in [3.8, 4) is 11.8 Å². The minimum atomic E-state index is -0.418. The molecular formula is C16H20N2O. The third kappa shape index (κ3) is 1.91. The molecule has 3 heteroatoms. The van der Waals surface area contributed by atoms with E-state index in [0.29, 0.717) is 0 Å². The Labute approximate surface area is 114 Å². The summed E-state index contributed by atoms with van der Waals surface area (Å²) in [7, 11) is 1.69. The van der Waals surface area contributed by atoms with Crippen molar-refractivity contribution in [2.24, 2.45) is 0 Å². The van der Waals surface area contributed by atoms with E-state index in [0.717, 1.165) is 38.1 Å². The van der Waals surface area contributed by atoms with Gasteiger partial charge in [0.25, 0.3) is 0 Å². The number of likely N-dealkylation sites (tertiary alicyclic amines) is 1. The number of benzene rings is 1. The molecule has 1 aromatic carbocycles. The lowest BCUT2D eigenvalue weighted by atomic mass is 9.76. The van der Waals surface area contributed by atoms with Gasteiger partial charge in [0.2, 0.25) is 0 Å². The Morgan fingerprint density at radius 3 is 2.74 bits per heavy atom. The van der Waals surface area contributed by atoms with Crippen molar-refractivity contribution in [3.63, 3.8) is 0 Å². The van der Waals surface area contributed by atoms with Gasteiger partial charge in [-0.1, -0.05) is 6.07 Å². The lowest BCUT2D eigenvalue weighted by Crippen LogP contribution is -2.45. The van der Waals surface area contributed by atoms with Crippen LogP contribution in [0.1, 0.15) is 36.8 Å². The zero-order valence-electron chi connectivity index (χ0n) is 11.5. The predicted molar refractivity (Wildman–Crippen MR) is 74.0 cm³/mol. The second-order valence-electron chi connectivity index (χ2n) is 5.54. The number of methoxy groups -OCH3 is 1. The smallest absolute Gasteiger partial charge is 0.135 e. The summed E-state index contributed by atoms with van der Waals surface area (Å²) in [4.78, 5) is 2.38. The quantitative estimate of drug-likeness (QED) is 0.816. The summed E-state index contributed by atoms with van der Waals surface area (Å²) in [5, 5.41) is 9.88. The van der Waals surface area contributed by atoms with Crippen molar-refractivity contribution in [1.29, 1.82) is 5.26 Å². The van der Waals surface area contributed by atoms with E-state index in [1.54, 1.807) is 7.11 Å². The lowest BCUT2D eigenvalue weighted by Gasteiger charge is -2.40. The van der Waals surface area contributed by atoms with Crippen LogP contribution >= 0.6 is 0 Å². The Balaban J connectivity index is 2.10. The van der Waals surface area contributed by atoms with E-state index in [1.807, 2.05) is 6.07 Å². The predicted octanol–water partition coefficient (Wildman–Crippen LogP) is 2.85. The van der Waals surface area contributed by atoms with Gasteiger partial charge in [0, 0.05) is 13.1 Å². The summed E-state index contributed by atoms with van der Waals surface area (Å²) in [5.74, 6) is 0.861. The molecule has 0 aromatic heterocycles. The molecule has 100 valence electrons. The molecule has 1 aliphatic carbocycles. The van der Waals surface area contributed by atoms with Gasteiger partial charge in [0.05, 0.1) is 13.2 Å². The topological polar surface area (TPSA) is 36.3 Å². The van der Waals surface area contributed by atoms with E-state index in [4.69, 9.17) is 4.74 Å². The first kappa shape index (κ1) is 12.5. The van der Waals surface area contributed by atoms with E-state index < -0.39 is 5.54 Å². The second-order valence-corrected chi connectivity index (χ2v) is 5.54. The SMILES string of the molecule is COc1ccc2c(c1)C(C#N)(N1CCCC1)CCC2. The third-order valence-corrected chi connectivity index (χ3v) is 4.58. The molecule has 0 radical (unpaired) electrons. The highest BCUT2D eigenvalue weighted by atomic mass is 16.5. The number of fused-ring (bicyclic) bond motifs is 1. The van der Waals surface area contributed by atoms with Crippen molar-refractivity contribution < 1.29 is 4.74 Å². The molecule has 1 aromatic rings. The highest BCUT2D eigenvalue weighted by Crippen LogP contribution is 2.42. The molecule has 1 heterocycles. The number of nitriles is 1. The largest absolute Gasteiger partial charge is 0.497 e. The molecule has 1 saturated heterocycles. The number of nitrogens with zero attached hydrogens (tertiary/aromatic N) is 2. The maximum Gasteiger partial charge on any atom is 0.135 e. The Morgan fingerprint density at radius 2 is 2.05 bits per heavy atom. The van der Waals surface area contributed by atoms with Crippen LogP contribution < -0.4 is 4.74 Å². The lowest BCUT2D eigenvalue weighted by molar-refractivity contribution is 0.150. The van der Waals surface area contributed by atoms with Crippen LogP contribution in [0.2, 0.25) is 0 Å². The Hall–Kier alpha value is -1.53. The van der Waals surface area contributed by atoms with Gasteiger partial charge in [-0.3, -0.25) is 4.90 Å². The van der Waals surface area contributed by atoms with Crippen LogP contribution in [0.15, 0.2) is 18.2 Å². The molecule has 1 aliphatic heterocycles. The molecule has 0 amide bonds. The minimum Gasteiger partial charge on any atom is -0.497 e. The zero-order valence-corrected chi connectivity index (χ0v) is 11.5. The molecule has 0 saturated carbocycles. The average Bonchev–Trinajstić information content (AvgIpc) is 3.00. The van der Waals surface area contributed by atoms with Gasteiger partial charge < -0.3 is 4.74 Å². The van der Waals surface area contributed by atoms with Crippen molar-refractivity contribution >= 4 is 0 Å². The fourth-order valence-corrected chi connectivity index (χ4v) is 3.57. The van der Waals surface area contributed by atoms with Crippen LogP contribution in [-0.4, -0.2) is 25.1 Å². The maximum atomic E-state index is 9.88. The van der Waals surface area contributed by atoms with E-state index in [-0.39, 0.29) is 0 Å². The third-order valence-electron chi connectivity index (χ3n) is 4.58. The molecule has 0 spiro atoms. The molecule has 1 unspecified atom stereocenters. The standard InChI is InChI=1S/C16H20N2O/c1-19-14-7-6-13-5-4-8-16(12-17,15(13)11-14)18-9-2-3-10-18/h6-7,11H,2-5,8-10H2,1H3. The highest BCUT2D eigenvalue weighted by Gasteiger charge is 2.43. The van der Waals surface area contributed by atoms with Crippen molar-refractivity contribution in [2.45, 2.75) is 37.6 Å². The van der Waals surface area contributed by atoms with Gasteiger partial charge in [-0.25, -0.2) is 0 Å². The molecule has 3 rings (SSSR count). The molecule has 19 heavy (non-hydrogen) atoms. The highest BCUT2D eigenvalue weighted by molar-refractivity contribution is 5.45. The molecule has 1 fully saturated rings. The summed E-state index contributed by atoms with van der Waals surface area (Å²) in [6.07, 6.45) is 5.55. The van der Waals surface area contributed by atoms with Gasteiger partial charge in [0.15, 0.2) is 0 Å². The normalized spacial score (nSPS) is 26.7. The molecular weight excluding hydrogens is 236 g/mol. The molecule has 2 aliphatic rings. The van der Waals surface area contributed by atoms with Crippen LogP contribution in [-0.2, 0) is 12.0 Å². The van der Waals surface area contributed by atoms with E-state index in [1.165, 1.54) is 24.0 Å². The van der Waals surface area contributed by atoms with Gasteiger partial charge in [-0.05, 0) is 55.4 Å². The van der Waals surface area contributed by atoms with Crippen LogP contribution in [0.3, 0.4) is 0 Å². The van der Waals surface area contributed by atoms with E-state index in [2.05, 4.69) is 23.1 Å². The Kier molecular flexibility index (Phi) is 3.20. The average molecular weight is 256 g/mol. The first-order valence-corrected chi connectivity index (χ1v) is 7.14. The van der Waals surface area contributed by atoms with Gasteiger partial charge in [-0.2, -0.15) is 5.26 Å². The number of rotatable bonds is 2. The van der Waals surface area contributed by atoms with Crippen LogP contribution in [0, 0.1) is 11.3 Å². The fourth-order valence-electron chi connectivity index (χ4n) is 3.57. The summed E-state index contributed by atoms with van der Waals surface area (Å²) >= 11 is 0. The zero-order chi connectivity index (χ0) is 13.3. The monoisotopic (exact) mass is 256 g/mol. The van der Waals surface area contributed by atoms with Crippen molar-refractivity contribution in [1.82, 2.24) is 4.90 Å². The van der Waals surface area contributed by atoms with Crippen LogP contribution in [0.25, 0.3) is 0 Å². The number of hydrogen-bond acceptors (Lipinski definition) is 3. The minimum absolute atomic E-state index is 0.418. The summed E-state index contributed by atoms with van der Waals surface area (Å²) in [5.41, 5.74) is 2.08. The first-order chi connectivity index (χ1) is 9.30. The Morgan fingerprint density at radius 1 is 1.26 bits per heavy atom. The summed E-state index contributed by atoms with van der Waals surface area (Å²) < 4.78 is 5.35. The van der Waals surface area contributed by atoms with Gasteiger partial charge >= 0.3 is 0 Å². The molecule has 1 atom stereocenters. The second kappa shape index (κ2) is 4.86. The van der Waals surface area contributed by atoms with Gasteiger partial charge in [0.1, 0.15) is 11.3 Å². The van der Waals surface area contributed by atoms with Crippen molar-refractivity contribution in [2.75, 3.05) is 20.2 Å². The summed E-state index contributed by atoms with van der Waals surface area (Å²) in [6, 6.07) is 8.86. The Bertz CT molecular complexity index is 514. The van der Waals surface area contributed by atoms with Crippen LogP contribution in [0.4, 0.5) is 0 Å². The van der Waals surface area contributed by atoms with Gasteiger partial charge in [-0.15, -0.1) is 0 Å². The maximum absolute atomic E-state index is 9.88. The van der Waals surface area contributed by atoms with E-state index >= 15 is 0 Å². The fraction of sp³-hybridized carbons (Fsp3) is 0.562. The molecule has 0 bridgehead atoms. The van der Waals surface area contributed by atoms with Crippen molar-refractivity contribution in [3.05, 3.63) is 29.3 Å². The number of hydrogen-bond donors (Lipinski definition) is 0.